The molecule has 1 aliphatic rings. The zero-order valence-corrected chi connectivity index (χ0v) is 22.9. The molecule has 1 nitrogen and oxygen atoms in total. The van der Waals surface area contributed by atoms with Crippen LogP contribution >= 0.6 is 0 Å². The maximum absolute atomic E-state index is 10.7. The van der Waals surface area contributed by atoms with Gasteiger partial charge in [0.15, 0.2) is 0 Å². The van der Waals surface area contributed by atoms with E-state index in [2.05, 4.69) is 97.4 Å². The molecular formula is C34H48O. The highest BCUT2D eigenvalue weighted by Gasteiger charge is 2.26. The lowest BCUT2D eigenvalue weighted by molar-refractivity contribution is 0.187. The molecule has 1 aromatic carbocycles. The molecule has 2 rings (SSSR count). The third-order valence-electron chi connectivity index (χ3n) is 6.83. The first-order valence-electron chi connectivity index (χ1n) is 13.4. The predicted molar refractivity (Wildman–Crippen MR) is 156 cm³/mol. The Morgan fingerprint density at radius 2 is 1.71 bits per heavy atom. The van der Waals surface area contributed by atoms with E-state index in [1.165, 1.54) is 35.1 Å². The summed E-state index contributed by atoms with van der Waals surface area (Å²) in [5.74, 6) is 1.87. The highest BCUT2D eigenvalue weighted by molar-refractivity contribution is 5.56. The number of rotatable bonds is 15. The van der Waals surface area contributed by atoms with Gasteiger partial charge < -0.3 is 5.11 Å². The van der Waals surface area contributed by atoms with Crippen molar-refractivity contribution in [2.24, 2.45) is 11.8 Å². The van der Waals surface area contributed by atoms with E-state index in [-0.39, 0.29) is 5.92 Å². The molecule has 35 heavy (non-hydrogen) atoms. The van der Waals surface area contributed by atoms with E-state index in [1.807, 2.05) is 6.08 Å². The predicted octanol–water partition coefficient (Wildman–Crippen LogP) is 9.69. The SMILES string of the molecule is C=Cc1cc(C(CC(=C/C(=C)C(O)CC(C)C)/C=C/C(=C)CC(C)C)C(=C)CC)ccc1C1CC1. The van der Waals surface area contributed by atoms with Crippen LogP contribution in [0.2, 0.25) is 0 Å². The topological polar surface area (TPSA) is 20.2 Å². The van der Waals surface area contributed by atoms with Crippen molar-refractivity contribution in [1.82, 2.24) is 0 Å². The molecule has 1 heteroatoms. The van der Waals surface area contributed by atoms with Gasteiger partial charge >= 0.3 is 0 Å². The van der Waals surface area contributed by atoms with E-state index in [4.69, 9.17) is 0 Å². The van der Waals surface area contributed by atoms with Gasteiger partial charge in [-0.2, -0.15) is 0 Å². The zero-order valence-electron chi connectivity index (χ0n) is 22.9. The van der Waals surface area contributed by atoms with Crippen molar-refractivity contribution in [3.05, 3.63) is 102 Å². The van der Waals surface area contributed by atoms with Gasteiger partial charge in [0.25, 0.3) is 0 Å². The molecule has 1 saturated carbocycles. The van der Waals surface area contributed by atoms with Crippen molar-refractivity contribution in [1.29, 1.82) is 0 Å². The van der Waals surface area contributed by atoms with Crippen LogP contribution in [0.1, 0.15) is 102 Å². The molecule has 0 aliphatic heterocycles. The van der Waals surface area contributed by atoms with Crippen molar-refractivity contribution in [2.45, 2.75) is 91.1 Å². The second kappa shape index (κ2) is 13.6. The molecular weight excluding hydrogens is 424 g/mol. The standard InChI is InChI=1S/C34H48O/c1-10-26(8)33(31-16-17-32(30-14-15-30)29(11-2)22-31)21-28(13-12-25(7)18-23(3)4)20-27(9)34(35)19-24(5)6/h11-13,16-17,20,22-24,30,33-35H,2,7-10,14-15,18-19,21H2,1,3-6H3/b13-12+,28-20+. The molecule has 1 fully saturated rings. The minimum Gasteiger partial charge on any atom is -0.388 e. The van der Waals surface area contributed by atoms with Crippen LogP contribution in [-0.2, 0) is 0 Å². The molecule has 0 amide bonds. The highest BCUT2D eigenvalue weighted by atomic mass is 16.3. The molecule has 0 heterocycles. The first kappa shape index (κ1) is 28.9. The fourth-order valence-electron chi connectivity index (χ4n) is 4.66. The summed E-state index contributed by atoms with van der Waals surface area (Å²) in [5.41, 5.74) is 8.21. The van der Waals surface area contributed by atoms with Crippen LogP contribution in [0, 0.1) is 11.8 Å². The molecule has 0 saturated heterocycles. The van der Waals surface area contributed by atoms with Crippen LogP contribution in [-0.4, -0.2) is 11.2 Å². The summed E-state index contributed by atoms with van der Waals surface area (Å²) in [5, 5.41) is 10.7. The third kappa shape index (κ3) is 9.30. The van der Waals surface area contributed by atoms with Crippen LogP contribution < -0.4 is 0 Å². The van der Waals surface area contributed by atoms with Crippen LogP contribution in [0.4, 0.5) is 0 Å². The molecule has 1 aromatic rings. The molecule has 1 N–H and O–H groups in total. The average molecular weight is 473 g/mol. The molecule has 0 bridgehead atoms. The maximum atomic E-state index is 10.7. The van der Waals surface area contributed by atoms with Gasteiger partial charge in [-0.1, -0.05) is 115 Å². The molecule has 1 aliphatic carbocycles. The summed E-state index contributed by atoms with van der Waals surface area (Å²) < 4.78 is 0. The first-order valence-corrected chi connectivity index (χ1v) is 13.4. The van der Waals surface area contributed by atoms with Crippen molar-refractivity contribution >= 4 is 6.08 Å². The van der Waals surface area contributed by atoms with Gasteiger partial charge in [-0.15, -0.1) is 0 Å². The Kier molecular flexibility index (Phi) is 11.2. The average Bonchev–Trinajstić information content (AvgIpc) is 3.64. The summed E-state index contributed by atoms with van der Waals surface area (Å²) in [6.45, 7) is 27.9. The molecule has 2 unspecified atom stereocenters. The molecule has 190 valence electrons. The Bertz CT molecular complexity index is 964. The van der Waals surface area contributed by atoms with Crippen LogP contribution in [0.15, 0.2) is 85.0 Å². The number of hydrogen-bond acceptors (Lipinski definition) is 1. The van der Waals surface area contributed by atoms with Gasteiger partial charge in [0, 0.05) is 5.92 Å². The largest absolute Gasteiger partial charge is 0.388 e. The quantitative estimate of drug-likeness (QED) is 0.199. The second-order valence-corrected chi connectivity index (χ2v) is 11.2. The third-order valence-corrected chi connectivity index (χ3v) is 6.83. The van der Waals surface area contributed by atoms with E-state index in [0.717, 1.165) is 36.0 Å². The smallest absolute Gasteiger partial charge is 0.0786 e. The Hall–Kier alpha value is -2.38. The van der Waals surface area contributed by atoms with E-state index >= 15 is 0 Å². The van der Waals surface area contributed by atoms with Crippen LogP contribution in [0.3, 0.4) is 0 Å². The summed E-state index contributed by atoms with van der Waals surface area (Å²) in [4.78, 5) is 0. The monoisotopic (exact) mass is 472 g/mol. The minimum atomic E-state index is -0.532. The molecule has 0 spiro atoms. The lowest BCUT2D eigenvalue weighted by atomic mass is 9.82. The van der Waals surface area contributed by atoms with Gasteiger partial charge in [-0.05, 0) is 84.1 Å². The maximum Gasteiger partial charge on any atom is 0.0786 e. The Balaban J connectivity index is 2.41. The van der Waals surface area contributed by atoms with Crippen molar-refractivity contribution in [2.75, 3.05) is 0 Å². The fraction of sp³-hybridized carbons (Fsp3) is 0.471. The van der Waals surface area contributed by atoms with E-state index in [1.54, 1.807) is 0 Å². The Morgan fingerprint density at radius 1 is 1.03 bits per heavy atom. The number of hydrogen-bond donors (Lipinski definition) is 1. The summed E-state index contributed by atoms with van der Waals surface area (Å²) >= 11 is 0. The number of benzene rings is 1. The van der Waals surface area contributed by atoms with E-state index in [9.17, 15) is 5.11 Å². The molecule has 0 aromatic heterocycles. The summed E-state index contributed by atoms with van der Waals surface area (Å²) in [6.07, 6.45) is 13.8. The summed E-state index contributed by atoms with van der Waals surface area (Å²) in [6, 6.07) is 6.90. The van der Waals surface area contributed by atoms with Gasteiger partial charge in [0.05, 0.1) is 6.10 Å². The van der Waals surface area contributed by atoms with Crippen LogP contribution in [0.5, 0.6) is 0 Å². The number of aliphatic hydroxyl groups is 1. The molecule has 0 radical (unpaired) electrons. The highest BCUT2D eigenvalue weighted by Crippen LogP contribution is 2.43. The molecule has 2 atom stereocenters. The minimum absolute atomic E-state index is 0.191. The van der Waals surface area contributed by atoms with E-state index in [0.29, 0.717) is 24.2 Å². The Morgan fingerprint density at radius 3 is 2.26 bits per heavy atom. The van der Waals surface area contributed by atoms with Gasteiger partial charge in [-0.3, -0.25) is 0 Å². The number of allylic oxidation sites excluding steroid dienone is 5. The first-order chi connectivity index (χ1) is 16.5. The normalized spacial score (nSPS) is 16.1. The number of aliphatic hydroxyl groups excluding tert-OH is 1. The van der Waals surface area contributed by atoms with Crippen molar-refractivity contribution in [3.8, 4) is 0 Å². The van der Waals surface area contributed by atoms with Gasteiger partial charge in [0.2, 0.25) is 0 Å². The van der Waals surface area contributed by atoms with Crippen LogP contribution in [0.25, 0.3) is 6.08 Å². The summed E-state index contributed by atoms with van der Waals surface area (Å²) in [7, 11) is 0. The zero-order chi connectivity index (χ0) is 26.1. The van der Waals surface area contributed by atoms with Crippen molar-refractivity contribution in [3.63, 3.8) is 0 Å². The fourth-order valence-corrected chi connectivity index (χ4v) is 4.66. The lowest BCUT2D eigenvalue weighted by Gasteiger charge is -2.22. The lowest BCUT2D eigenvalue weighted by Crippen LogP contribution is -2.12. The second-order valence-electron chi connectivity index (χ2n) is 11.2. The van der Waals surface area contributed by atoms with Gasteiger partial charge in [-0.25, -0.2) is 0 Å². The van der Waals surface area contributed by atoms with E-state index < -0.39 is 6.10 Å². The van der Waals surface area contributed by atoms with Crippen molar-refractivity contribution < 1.29 is 5.11 Å². The Labute approximate surface area is 215 Å². The van der Waals surface area contributed by atoms with Gasteiger partial charge in [0.1, 0.15) is 0 Å².